The van der Waals surface area contributed by atoms with E-state index in [4.69, 9.17) is 9.47 Å². The molecular formula is C12H18O3. The zero-order chi connectivity index (χ0) is 11.3. The molecule has 0 fully saturated rings. The molecule has 0 radical (unpaired) electrons. The van der Waals surface area contributed by atoms with Gasteiger partial charge in [0.2, 0.25) is 6.29 Å². The monoisotopic (exact) mass is 210 g/mol. The predicted molar refractivity (Wildman–Crippen MR) is 58.9 cm³/mol. The van der Waals surface area contributed by atoms with E-state index in [1.54, 1.807) is 6.92 Å². The highest BCUT2D eigenvalue weighted by atomic mass is 16.7. The molecular weight excluding hydrogens is 192 g/mol. The summed E-state index contributed by atoms with van der Waals surface area (Å²) in [6.45, 7) is 6.03. The molecule has 0 spiro atoms. The van der Waals surface area contributed by atoms with Crippen LogP contribution in [0.15, 0.2) is 24.3 Å². The number of aliphatic hydroxyl groups is 1. The first-order valence-electron chi connectivity index (χ1n) is 5.16. The number of benzene rings is 1. The molecule has 0 heterocycles. The van der Waals surface area contributed by atoms with Crippen LogP contribution < -0.4 is 4.74 Å². The van der Waals surface area contributed by atoms with Crippen LogP contribution in [-0.2, 0) is 4.74 Å². The number of rotatable bonds is 5. The Morgan fingerprint density at radius 2 is 2.13 bits per heavy atom. The molecule has 0 aliphatic heterocycles. The van der Waals surface area contributed by atoms with E-state index in [-0.39, 0.29) is 0 Å². The van der Waals surface area contributed by atoms with Gasteiger partial charge in [0.05, 0.1) is 0 Å². The fraction of sp³-hybridized carbons (Fsp3) is 0.500. The van der Waals surface area contributed by atoms with Crippen molar-refractivity contribution in [3.05, 3.63) is 29.8 Å². The molecule has 0 saturated heterocycles. The van der Waals surface area contributed by atoms with Gasteiger partial charge < -0.3 is 14.6 Å². The van der Waals surface area contributed by atoms with Gasteiger partial charge >= 0.3 is 0 Å². The van der Waals surface area contributed by atoms with Gasteiger partial charge in [-0.3, -0.25) is 0 Å². The van der Waals surface area contributed by atoms with Crippen molar-refractivity contribution >= 4 is 0 Å². The van der Waals surface area contributed by atoms with Gasteiger partial charge in [-0.2, -0.15) is 0 Å². The van der Waals surface area contributed by atoms with E-state index in [1.165, 1.54) is 0 Å². The molecule has 15 heavy (non-hydrogen) atoms. The highest BCUT2D eigenvalue weighted by Crippen LogP contribution is 2.15. The van der Waals surface area contributed by atoms with Gasteiger partial charge in [-0.25, -0.2) is 0 Å². The first kappa shape index (κ1) is 12.0. The van der Waals surface area contributed by atoms with E-state index in [2.05, 4.69) is 0 Å². The number of ether oxygens (including phenoxy) is 2. The highest BCUT2D eigenvalue weighted by molar-refractivity contribution is 5.27. The molecule has 3 nitrogen and oxygen atoms in total. The summed E-state index contributed by atoms with van der Waals surface area (Å²) >= 11 is 0. The number of hydrogen-bond donors (Lipinski definition) is 1. The van der Waals surface area contributed by atoms with Crippen LogP contribution >= 0.6 is 0 Å². The highest BCUT2D eigenvalue weighted by Gasteiger charge is 2.16. The second-order valence-electron chi connectivity index (χ2n) is 3.50. The SMILES string of the molecule is CCOC(Oc1cccc(C)c1)C(C)O. The van der Waals surface area contributed by atoms with Crippen LogP contribution in [0.3, 0.4) is 0 Å². The molecule has 1 rings (SSSR count). The Kier molecular flexibility index (Phi) is 4.59. The van der Waals surface area contributed by atoms with Crippen LogP contribution in [0.5, 0.6) is 5.75 Å². The van der Waals surface area contributed by atoms with Crippen molar-refractivity contribution in [2.75, 3.05) is 6.61 Å². The van der Waals surface area contributed by atoms with Crippen molar-refractivity contribution in [3.63, 3.8) is 0 Å². The normalized spacial score (nSPS) is 14.7. The predicted octanol–water partition coefficient (Wildman–Crippen LogP) is 2.12. The Hall–Kier alpha value is -1.06. The molecule has 1 aromatic carbocycles. The van der Waals surface area contributed by atoms with E-state index < -0.39 is 12.4 Å². The lowest BCUT2D eigenvalue weighted by molar-refractivity contribution is -0.136. The molecule has 1 N–H and O–H groups in total. The lowest BCUT2D eigenvalue weighted by atomic mass is 10.2. The van der Waals surface area contributed by atoms with Gasteiger partial charge in [-0.05, 0) is 38.5 Å². The fourth-order valence-electron chi connectivity index (χ4n) is 1.26. The largest absolute Gasteiger partial charge is 0.462 e. The minimum atomic E-state index is -0.648. The summed E-state index contributed by atoms with van der Waals surface area (Å²) < 4.78 is 10.8. The molecule has 2 unspecified atom stereocenters. The lowest BCUT2D eigenvalue weighted by Crippen LogP contribution is -2.32. The summed E-state index contributed by atoms with van der Waals surface area (Å²) in [7, 11) is 0. The average Bonchev–Trinajstić information content (AvgIpc) is 2.17. The van der Waals surface area contributed by atoms with E-state index in [0.717, 1.165) is 5.56 Å². The number of aliphatic hydroxyl groups excluding tert-OH is 1. The summed E-state index contributed by atoms with van der Waals surface area (Å²) in [4.78, 5) is 0. The van der Waals surface area contributed by atoms with E-state index in [9.17, 15) is 5.11 Å². The molecule has 0 aliphatic rings. The minimum Gasteiger partial charge on any atom is -0.462 e. The minimum absolute atomic E-state index is 0.515. The zero-order valence-electron chi connectivity index (χ0n) is 9.43. The molecule has 0 aromatic heterocycles. The van der Waals surface area contributed by atoms with Crippen LogP contribution in [0.1, 0.15) is 19.4 Å². The number of hydrogen-bond acceptors (Lipinski definition) is 3. The zero-order valence-corrected chi connectivity index (χ0v) is 9.43. The van der Waals surface area contributed by atoms with Crippen LogP contribution in [0.2, 0.25) is 0 Å². The Balaban J connectivity index is 2.65. The Bertz CT molecular complexity index is 297. The van der Waals surface area contributed by atoms with Crippen molar-refractivity contribution in [2.45, 2.75) is 33.2 Å². The molecule has 0 bridgehead atoms. The smallest absolute Gasteiger partial charge is 0.225 e. The molecule has 2 atom stereocenters. The third-order valence-electron chi connectivity index (χ3n) is 1.97. The molecule has 84 valence electrons. The third kappa shape index (κ3) is 3.90. The van der Waals surface area contributed by atoms with E-state index in [0.29, 0.717) is 12.4 Å². The Labute approximate surface area is 90.6 Å². The Morgan fingerprint density at radius 1 is 1.40 bits per heavy atom. The topological polar surface area (TPSA) is 38.7 Å². The van der Waals surface area contributed by atoms with Crippen LogP contribution in [0.25, 0.3) is 0 Å². The standard InChI is InChI=1S/C12H18O3/c1-4-14-12(10(3)13)15-11-7-5-6-9(2)8-11/h5-8,10,12-13H,4H2,1-3H3. The first-order chi connectivity index (χ1) is 7.13. The molecule has 0 amide bonds. The average molecular weight is 210 g/mol. The summed E-state index contributed by atoms with van der Waals surface area (Å²) in [6, 6.07) is 7.66. The van der Waals surface area contributed by atoms with Crippen molar-refractivity contribution in [3.8, 4) is 5.75 Å². The maximum absolute atomic E-state index is 9.42. The maximum atomic E-state index is 9.42. The lowest BCUT2D eigenvalue weighted by Gasteiger charge is -2.21. The van der Waals surface area contributed by atoms with Crippen molar-refractivity contribution < 1.29 is 14.6 Å². The summed E-state index contributed by atoms with van der Waals surface area (Å²) in [5, 5.41) is 9.42. The molecule has 1 aromatic rings. The summed E-state index contributed by atoms with van der Waals surface area (Å²) in [5.74, 6) is 0.717. The molecule has 0 aliphatic carbocycles. The molecule has 3 heteroatoms. The second-order valence-corrected chi connectivity index (χ2v) is 3.50. The number of aryl methyl sites for hydroxylation is 1. The van der Waals surface area contributed by atoms with Gasteiger partial charge in [-0.15, -0.1) is 0 Å². The fourth-order valence-corrected chi connectivity index (χ4v) is 1.26. The Morgan fingerprint density at radius 3 is 2.67 bits per heavy atom. The quantitative estimate of drug-likeness (QED) is 0.756. The van der Waals surface area contributed by atoms with Gasteiger partial charge in [-0.1, -0.05) is 12.1 Å². The first-order valence-corrected chi connectivity index (χ1v) is 5.16. The summed E-state index contributed by atoms with van der Waals surface area (Å²) in [6.07, 6.45) is -1.25. The van der Waals surface area contributed by atoms with Crippen molar-refractivity contribution in [1.82, 2.24) is 0 Å². The van der Waals surface area contributed by atoms with Gasteiger partial charge in [0.1, 0.15) is 11.9 Å². The maximum Gasteiger partial charge on any atom is 0.225 e. The second kappa shape index (κ2) is 5.73. The van der Waals surface area contributed by atoms with E-state index >= 15 is 0 Å². The van der Waals surface area contributed by atoms with Gasteiger partial charge in [0.15, 0.2) is 0 Å². The molecule has 0 saturated carbocycles. The van der Waals surface area contributed by atoms with Crippen molar-refractivity contribution in [2.24, 2.45) is 0 Å². The van der Waals surface area contributed by atoms with Crippen LogP contribution in [0, 0.1) is 6.92 Å². The van der Waals surface area contributed by atoms with Gasteiger partial charge in [0, 0.05) is 6.61 Å². The van der Waals surface area contributed by atoms with Gasteiger partial charge in [0.25, 0.3) is 0 Å². The summed E-state index contributed by atoms with van der Waals surface area (Å²) in [5.41, 5.74) is 1.12. The third-order valence-corrected chi connectivity index (χ3v) is 1.97. The van der Waals surface area contributed by atoms with Crippen LogP contribution in [-0.4, -0.2) is 24.1 Å². The van der Waals surface area contributed by atoms with Crippen LogP contribution in [0.4, 0.5) is 0 Å². The van der Waals surface area contributed by atoms with Crippen molar-refractivity contribution in [1.29, 1.82) is 0 Å². The van der Waals surface area contributed by atoms with E-state index in [1.807, 2.05) is 38.1 Å².